The summed E-state index contributed by atoms with van der Waals surface area (Å²) < 4.78 is 6.14. The molecule has 0 saturated heterocycles. The Balaban J connectivity index is 1.28. The van der Waals surface area contributed by atoms with Gasteiger partial charge in [-0.15, -0.1) is 0 Å². The van der Waals surface area contributed by atoms with E-state index >= 15 is 0 Å². The second-order valence-corrected chi connectivity index (χ2v) is 12.5. The van der Waals surface area contributed by atoms with Crippen LogP contribution < -0.4 is 0 Å². The summed E-state index contributed by atoms with van der Waals surface area (Å²) in [6, 6.07) is 61.8. The Morgan fingerprint density at radius 3 is 1.74 bits per heavy atom. The highest BCUT2D eigenvalue weighted by molar-refractivity contribution is 6.28. The molecular weight excluding hydrogens is 569 g/mol. The Bertz CT molecular complexity index is 2850. The first-order valence-corrected chi connectivity index (χ1v) is 16.2. The zero-order valence-corrected chi connectivity index (χ0v) is 25.6. The van der Waals surface area contributed by atoms with Gasteiger partial charge < -0.3 is 4.42 Å². The van der Waals surface area contributed by atoms with Gasteiger partial charge in [0, 0.05) is 10.8 Å². The molecule has 0 fully saturated rings. The second kappa shape index (κ2) is 10.2. The minimum Gasteiger partial charge on any atom is -0.456 e. The van der Waals surface area contributed by atoms with Crippen molar-refractivity contribution in [2.75, 3.05) is 0 Å². The van der Waals surface area contributed by atoms with E-state index in [2.05, 4.69) is 158 Å². The fraction of sp³-hybridized carbons (Fsp3) is 0. The molecule has 1 aromatic heterocycles. The molecule has 1 heteroatoms. The van der Waals surface area contributed by atoms with Gasteiger partial charge in [-0.1, -0.05) is 140 Å². The normalized spacial score (nSPS) is 11.8. The largest absolute Gasteiger partial charge is 0.456 e. The SMILES string of the molecule is c1cc(-c2ccc3oc4ccccc4c3c2)cc(-c2c3ccccc3c(-c3ccc4ccccc4c3)c3ccc4ccccc4c23)c1. The van der Waals surface area contributed by atoms with Crippen LogP contribution in [0.4, 0.5) is 0 Å². The molecule has 0 amide bonds. The lowest BCUT2D eigenvalue weighted by atomic mass is 9.83. The Morgan fingerprint density at radius 1 is 0.277 bits per heavy atom. The number of fused-ring (bicyclic) bond motifs is 8. The molecule has 0 spiro atoms. The van der Waals surface area contributed by atoms with E-state index in [0.717, 1.165) is 21.9 Å². The zero-order valence-electron chi connectivity index (χ0n) is 25.6. The molecule has 0 N–H and O–H groups in total. The van der Waals surface area contributed by atoms with E-state index in [1.807, 2.05) is 12.1 Å². The predicted molar refractivity (Wildman–Crippen MR) is 200 cm³/mol. The average Bonchev–Trinajstić information content (AvgIpc) is 3.51. The van der Waals surface area contributed by atoms with Crippen molar-refractivity contribution in [3.8, 4) is 33.4 Å². The van der Waals surface area contributed by atoms with Crippen LogP contribution in [0.3, 0.4) is 0 Å². The summed E-state index contributed by atoms with van der Waals surface area (Å²) in [7, 11) is 0. The van der Waals surface area contributed by atoms with Crippen molar-refractivity contribution in [3.63, 3.8) is 0 Å². The number of hydrogen-bond acceptors (Lipinski definition) is 1. The van der Waals surface area contributed by atoms with Crippen LogP contribution >= 0.6 is 0 Å². The van der Waals surface area contributed by atoms with E-state index in [1.165, 1.54) is 76.5 Å². The van der Waals surface area contributed by atoms with E-state index < -0.39 is 0 Å². The summed E-state index contributed by atoms with van der Waals surface area (Å²) in [6.45, 7) is 0. The molecule has 10 rings (SSSR count). The zero-order chi connectivity index (χ0) is 30.9. The molecule has 0 saturated carbocycles. The third kappa shape index (κ3) is 4.03. The summed E-state index contributed by atoms with van der Waals surface area (Å²) in [5.41, 5.74) is 9.20. The van der Waals surface area contributed by atoms with E-state index in [1.54, 1.807) is 0 Å². The van der Waals surface area contributed by atoms with Gasteiger partial charge in [-0.25, -0.2) is 0 Å². The minimum absolute atomic E-state index is 0.916. The molecule has 0 aliphatic rings. The summed E-state index contributed by atoms with van der Waals surface area (Å²) in [6.07, 6.45) is 0. The van der Waals surface area contributed by atoms with Crippen molar-refractivity contribution in [2.45, 2.75) is 0 Å². The maximum atomic E-state index is 6.14. The average molecular weight is 597 g/mol. The van der Waals surface area contributed by atoms with Crippen molar-refractivity contribution < 1.29 is 4.42 Å². The van der Waals surface area contributed by atoms with Crippen molar-refractivity contribution in [1.29, 1.82) is 0 Å². The van der Waals surface area contributed by atoms with Crippen molar-refractivity contribution in [1.82, 2.24) is 0 Å². The number of hydrogen-bond donors (Lipinski definition) is 0. The first-order chi connectivity index (χ1) is 23.3. The summed E-state index contributed by atoms with van der Waals surface area (Å²) in [5.74, 6) is 0. The van der Waals surface area contributed by atoms with Crippen LogP contribution in [-0.2, 0) is 0 Å². The number of benzene rings is 9. The molecule has 0 aliphatic carbocycles. The third-order valence-corrected chi connectivity index (χ3v) is 9.81. The van der Waals surface area contributed by atoms with Crippen LogP contribution in [-0.4, -0.2) is 0 Å². The lowest BCUT2D eigenvalue weighted by molar-refractivity contribution is 0.669. The number of furan rings is 1. The summed E-state index contributed by atoms with van der Waals surface area (Å²) in [4.78, 5) is 0. The Hall–Kier alpha value is -6.18. The van der Waals surface area contributed by atoms with E-state index in [-0.39, 0.29) is 0 Å². The fourth-order valence-electron chi connectivity index (χ4n) is 7.66. The van der Waals surface area contributed by atoms with Crippen molar-refractivity contribution in [2.24, 2.45) is 0 Å². The Labute approximate surface area is 271 Å². The monoisotopic (exact) mass is 596 g/mol. The van der Waals surface area contributed by atoms with Gasteiger partial charge in [-0.2, -0.15) is 0 Å². The Morgan fingerprint density at radius 2 is 0.872 bits per heavy atom. The first kappa shape index (κ1) is 26.1. The molecule has 47 heavy (non-hydrogen) atoms. The lowest BCUT2D eigenvalue weighted by Crippen LogP contribution is -1.92. The highest BCUT2D eigenvalue weighted by Crippen LogP contribution is 2.47. The van der Waals surface area contributed by atoms with Gasteiger partial charge in [0.05, 0.1) is 0 Å². The van der Waals surface area contributed by atoms with Crippen LogP contribution in [0.15, 0.2) is 174 Å². The van der Waals surface area contributed by atoms with Gasteiger partial charge in [0.1, 0.15) is 11.2 Å². The van der Waals surface area contributed by atoms with E-state index in [4.69, 9.17) is 4.42 Å². The summed E-state index contributed by atoms with van der Waals surface area (Å²) >= 11 is 0. The molecule has 0 aliphatic heterocycles. The highest BCUT2D eigenvalue weighted by Gasteiger charge is 2.19. The van der Waals surface area contributed by atoms with Gasteiger partial charge in [0.15, 0.2) is 0 Å². The second-order valence-electron chi connectivity index (χ2n) is 12.5. The van der Waals surface area contributed by atoms with Crippen molar-refractivity contribution >= 4 is 65.0 Å². The summed E-state index contributed by atoms with van der Waals surface area (Å²) in [5, 5.41) is 12.4. The lowest BCUT2D eigenvalue weighted by Gasteiger charge is -2.20. The molecular formula is C46H28O. The molecule has 0 atom stereocenters. The molecule has 0 unspecified atom stereocenters. The standard InChI is InChI=1S/C46H28O/c1-2-12-31-26-35(21-20-29(31)10-1)44-38-17-5-6-18-39(38)45(46-36-15-4-3-11-30(36)22-24-40(44)46)34-14-9-13-32(27-34)33-23-25-43-41(28-33)37-16-7-8-19-42(37)47-43/h1-28H. The molecule has 1 heterocycles. The Kier molecular flexibility index (Phi) is 5.64. The fourth-order valence-corrected chi connectivity index (χ4v) is 7.66. The number of rotatable bonds is 3. The molecule has 9 aromatic carbocycles. The quantitative estimate of drug-likeness (QED) is 0.146. The van der Waals surface area contributed by atoms with Crippen LogP contribution in [0.2, 0.25) is 0 Å². The van der Waals surface area contributed by atoms with Gasteiger partial charge in [-0.05, 0) is 107 Å². The number of para-hydroxylation sites is 1. The van der Waals surface area contributed by atoms with E-state index in [0.29, 0.717) is 0 Å². The molecule has 0 radical (unpaired) electrons. The van der Waals surface area contributed by atoms with Crippen LogP contribution in [0.1, 0.15) is 0 Å². The maximum Gasteiger partial charge on any atom is 0.135 e. The molecule has 1 nitrogen and oxygen atoms in total. The van der Waals surface area contributed by atoms with Crippen molar-refractivity contribution in [3.05, 3.63) is 170 Å². The van der Waals surface area contributed by atoms with Crippen LogP contribution in [0, 0.1) is 0 Å². The van der Waals surface area contributed by atoms with Gasteiger partial charge >= 0.3 is 0 Å². The third-order valence-electron chi connectivity index (χ3n) is 9.81. The van der Waals surface area contributed by atoms with Crippen LogP contribution in [0.25, 0.3) is 98.4 Å². The molecule has 10 aromatic rings. The van der Waals surface area contributed by atoms with E-state index in [9.17, 15) is 0 Å². The highest BCUT2D eigenvalue weighted by atomic mass is 16.3. The maximum absolute atomic E-state index is 6.14. The van der Waals surface area contributed by atoms with Gasteiger partial charge in [-0.3, -0.25) is 0 Å². The van der Waals surface area contributed by atoms with Crippen LogP contribution in [0.5, 0.6) is 0 Å². The first-order valence-electron chi connectivity index (χ1n) is 16.2. The van der Waals surface area contributed by atoms with Gasteiger partial charge in [0.25, 0.3) is 0 Å². The molecule has 0 bridgehead atoms. The minimum atomic E-state index is 0.916. The molecule has 218 valence electrons. The predicted octanol–water partition coefficient (Wildman–Crippen LogP) is 13.2. The van der Waals surface area contributed by atoms with Gasteiger partial charge in [0.2, 0.25) is 0 Å². The topological polar surface area (TPSA) is 13.1 Å². The smallest absolute Gasteiger partial charge is 0.135 e.